The number of aromatic nitrogens is 2. The average molecular weight is 320 g/mol. The molecule has 2 aromatic carbocycles. The van der Waals surface area contributed by atoms with E-state index in [-0.39, 0.29) is 5.56 Å². The number of hydrogen-bond donors (Lipinski definition) is 1. The highest BCUT2D eigenvalue weighted by atomic mass is 16.5. The van der Waals surface area contributed by atoms with Gasteiger partial charge in [-0.25, -0.2) is 4.79 Å². The van der Waals surface area contributed by atoms with E-state index in [1.165, 1.54) is 0 Å². The third kappa shape index (κ3) is 2.69. The highest BCUT2D eigenvalue weighted by Crippen LogP contribution is 2.39. The monoisotopic (exact) mass is 320 g/mol. The van der Waals surface area contributed by atoms with Crippen LogP contribution in [0.15, 0.2) is 47.0 Å². The number of rotatable bonds is 4. The molecule has 0 amide bonds. The number of carboxylic acids is 1. The quantitative estimate of drug-likeness (QED) is 0.776. The Kier molecular flexibility index (Phi) is 3.41. The molecule has 5 nitrogen and oxygen atoms in total. The topological polar surface area (TPSA) is 76.2 Å². The molecule has 0 atom stereocenters. The second-order valence-electron chi connectivity index (χ2n) is 6.14. The van der Waals surface area contributed by atoms with E-state index in [0.717, 1.165) is 41.0 Å². The summed E-state index contributed by atoms with van der Waals surface area (Å²) >= 11 is 0. The molecule has 0 aliphatic heterocycles. The van der Waals surface area contributed by atoms with Crippen LogP contribution in [0.2, 0.25) is 0 Å². The highest BCUT2D eigenvalue weighted by Gasteiger charge is 2.29. The van der Waals surface area contributed by atoms with E-state index in [9.17, 15) is 4.79 Å². The van der Waals surface area contributed by atoms with Gasteiger partial charge in [0.1, 0.15) is 0 Å². The van der Waals surface area contributed by atoms with Crippen LogP contribution in [0.3, 0.4) is 0 Å². The summed E-state index contributed by atoms with van der Waals surface area (Å²) in [5.74, 6) is 0.824. The second-order valence-corrected chi connectivity index (χ2v) is 6.14. The lowest BCUT2D eigenvalue weighted by Gasteiger charge is -2.08. The Hall–Kier alpha value is -2.95. The molecule has 1 aromatic heterocycles. The minimum Gasteiger partial charge on any atom is -0.478 e. The average Bonchev–Trinajstić information content (AvgIpc) is 3.33. The molecule has 1 saturated carbocycles. The molecule has 3 aromatic rings. The van der Waals surface area contributed by atoms with Crippen molar-refractivity contribution >= 4 is 5.97 Å². The summed E-state index contributed by atoms with van der Waals surface area (Å²) < 4.78 is 5.33. The van der Waals surface area contributed by atoms with E-state index in [2.05, 4.69) is 10.1 Å². The Morgan fingerprint density at radius 2 is 1.83 bits per heavy atom. The molecule has 0 radical (unpaired) electrons. The van der Waals surface area contributed by atoms with Crippen molar-refractivity contribution in [1.29, 1.82) is 0 Å². The summed E-state index contributed by atoms with van der Waals surface area (Å²) in [5, 5.41) is 13.1. The third-order valence-electron chi connectivity index (χ3n) is 4.31. The third-order valence-corrected chi connectivity index (χ3v) is 4.31. The minimum absolute atomic E-state index is 0.278. The summed E-state index contributed by atoms with van der Waals surface area (Å²) in [5.41, 5.74) is 4.27. The van der Waals surface area contributed by atoms with Crippen LogP contribution < -0.4 is 0 Å². The van der Waals surface area contributed by atoms with Gasteiger partial charge in [-0.2, -0.15) is 4.98 Å². The number of carboxylic acid groups (broad SMARTS) is 1. The van der Waals surface area contributed by atoms with Gasteiger partial charge in [0, 0.05) is 11.5 Å². The maximum atomic E-state index is 11.0. The Labute approximate surface area is 139 Å². The Morgan fingerprint density at radius 1 is 1.12 bits per heavy atom. The lowest BCUT2D eigenvalue weighted by atomic mass is 9.97. The summed E-state index contributed by atoms with van der Waals surface area (Å²) in [6, 6.07) is 12.9. The Bertz CT molecular complexity index is 909. The molecule has 0 unspecified atom stereocenters. The van der Waals surface area contributed by atoms with Crippen LogP contribution in [0.1, 0.15) is 40.6 Å². The normalized spacial score (nSPS) is 13.9. The number of aryl methyl sites for hydroxylation is 1. The van der Waals surface area contributed by atoms with E-state index in [1.54, 1.807) is 12.1 Å². The Morgan fingerprint density at radius 3 is 2.50 bits per heavy atom. The van der Waals surface area contributed by atoms with Crippen molar-refractivity contribution in [2.24, 2.45) is 0 Å². The molecule has 0 saturated heterocycles. The first-order valence-electron chi connectivity index (χ1n) is 7.90. The van der Waals surface area contributed by atoms with Crippen molar-refractivity contribution in [3.63, 3.8) is 0 Å². The smallest absolute Gasteiger partial charge is 0.335 e. The van der Waals surface area contributed by atoms with E-state index in [4.69, 9.17) is 9.63 Å². The van der Waals surface area contributed by atoms with Gasteiger partial charge in [0.15, 0.2) is 0 Å². The number of nitrogens with zero attached hydrogens (tertiary/aromatic N) is 2. The van der Waals surface area contributed by atoms with Gasteiger partial charge in [-0.3, -0.25) is 0 Å². The molecule has 0 bridgehead atoms. The van der Waals surface area contributed by atoms with Crippen molar-refractivity contribution in [1.82, 2.24) is 10.1 Å². The van der Waals surface area contributed by atoms with Gasteiger partial charge in [-0.15, -0.1) is 0 Å². The molecule has 1 N–H and O–H groups in total. The largest absolute Gasteiger partial charge is 0.478 e. The molecule has 1 heterocycles. The van der Waals surface area contributed by atoms with Crippen LogP contribution >= 0.6 is 0 Å². The summed E-state index contributed by atoms with van der Waals surface area (Å²) in [6.07, 6.45) is 2.24. The van der Waals surface area contributed by atoms with Crippen LogP contribution in [0.25, 0.3) is 22.5 Å². The van der Waals surface area contributed by atoms with E-state index < -0.39 is 5.97 Å². The number of hydrogen-bond acceptors (Lipinski definition) is 4. The minimum atomic E-state index is -0.925. The lowest BCUT2D eigenvalue weighted by molar-refractivity contribution is 0.0697. The van der Waals surface area contributed by atoms with Gasteiger partial charge in [0.05, 0.1) is 5.56 Å². The molecule has 120 valence electrons. The molecule has 0 spiro atoms. The van der Waals surface area contributed by atoms with Gasteiger partial charge >= 0.3 is 5.97 Å². The van der Waals surface area contributed by atoms with Gasteiger partial charge in [-0.05, 0) is 54.7 Å². The molecule has 5 heteroatoms. The molecule has 1 aliphatic carbocycles. The van der Waals surface area contributed by atoms with Crippen LogP contribution in [0, 0.1) is 6.92 Å². The summed E-state index contributed by atoms with van der Waals surface area (Å²) in [7, 11) is 0. The van der Waals surface area contributed by atoms with Gasteiger partial charge in [0.25, 0.3) is 0 Å². The van der Waals surface area contributed by atoms with Crippen molar-refractivity contribution in [3.05, 3.63) is 59.5 Å². The first-order valence-corrected chi connectivity index (χ1v) is 7.90. The molecular weight excluding hydrogens is 304 g/mol. The molecule has 24 heavy (non-hydrogen) atoms. The van der Waals surface area contributed by atoms with Crippen molar-refractivity contribution in [2.75, 3.05) is 0 Å². The molecule has 1 aliphatic rings. The second kappa shape index (κ2) is 5.60. The van der Waals surface area contributed by atoms with E-state index in [1.807, 2.05) is 37.3 Å². The number of benzene rings is 2. The van der Waals surface area contributed by atoms with Gasteiger partial charge in [-0.1, -0.05) is 29.4 Å². The van der Waals surface area contributed by atoms with Crippen LogP contribution in [-0.2, 0) is 0 Å². The predicted octanol–water partition coefficient (Wildman–Crippen LogP) is 4.29. The number of carbonyl (C=O) groups is 1. The van der Waals surface area contributed by atoms with Gasteiger partial charge < -0.3 is 9.63 Å². The zero-order valence-corrected chi connectivity index (χ0v) is 13.2. The fourth-order valence-corrected chi connectivity index (χ4v) is 2.71. The van der Waals surface area contributed by atoms with Gasteiger partial charge in [0.2, 0.25) is 11.7 Å². The first kappa shape index (κ1) is 14.6. The first-order chi connectivity index (χ1) is 11.6. The van der Waals surface area contributed by atoms with Crippen molar-refractivity contribution in [2.45, 2.75) is 25.7 Å². The summed E-state index contributed by atoms with van der Waals surface area (Å²) in [4.78, 5) is 15.5. The highest BCUT2D eigenvalue weighted by molar-refractivity contribution is 5.88. The fraction of sp³-hybridized carbons (Fsp3) is 0.211. The zero-order valence-electron chi connectivity index (χ0n) is 13.2. The maximum absolute atomic E-state index is 11.0. The zero-order chi connectivity index (χ0) is 16.7. The number of aromatic carboxylic acids is 1. The maximum Gasteiger partial charge on any atom is 0.335 e. The molecule has 1 fully saturated rings. The van der Waals surface area contributed by atoms with Crippen LogP contribution in [0.5, 0.6) is 0 Å². The standard InChI is InChI=1S/C19H16N2O3/c1-11-2-3-15(17-20-18(24-21-17)13-6-7-13)10-16(11)12-4-8-14(9-5-12)19(22)23/h2-5,8-10,13H,6-7H2,1H3,(H,22,23). The molecule has 4 rings (SSSR count). The Balaban J connectivity index is 1.71. The van der Waals surface area contributed by atoms with E-state index in [0.29, 0.717) is 11.7 Å². The van der Waals surface area contributed by atoms with Crippen molar-refractivity contribution in [3.8, 4) is 22.5 Å². The SMILES string of the molecule is Cc1ccc(-c2noc(C3CC3)n2)cc1-c1ccc(C(=O)O)cc1. The van der Waals surface area contributed by atoms with E-state index >= 15 is 0 Å². The summed E-state index contributed by atoms with van der Waals surface area (Å²) in [6.45, 7) is 2.02. The van der Waals surface area contributed by atoms with Crippen LogP contribution in [-0.4, -0.2) is 21.2 Å². The van der Waals surface area contributed by atoms with Crippen molar-refractivity contribution < 1.29 is 14.4 Å². The fourth-order valence-electron chi connectivity index (χ4n) is 2.71. The molecular formula is C19H16N2O3. The lowest BCUT2D eigenvalue weighted by Crippen LogP contribution is -1.95. The predicted molar refractivity (Wildman–Crippen MR) is 88.8 cm³/mol. The van der Waals surface area contributed by atoms with Crippen LogP contribution in [0.4, 0.5) is 0 Å².